The zero-order chi connectivity index (χ0) is 12.7. The monoisotopic (exact) mass is 246 g/mol. The average Bonchev–Trinajstić information content (AvgIpc) is 2.70. The number of benzene rings is 1. The highest BCUT2D eigenvalue weighted by atomic mass is 16.5. The molecule has 1 aromatic rings. The molecule has 3 rings (SSSR count). The Hall–Kier alpha value is -1.71. The first kappa shape index (κ1) is 11.4. The van der Waals surface area contributed by atoms with Gasteiger partial charge in [-0.2, -0.15) is 0 Å². The molecule has 18 heavy (non-hydrogen) atoms. The predicted octanol–water partition coefficient (Wildman–Crippen LogP) is 1.29. The summed E-state index contributed by atoms with van der Waals surface area (Å²) in [7, 11) is 3.58. The maximum absolute atomic E-state index is 12.3. The SMILES string of the molecule is COc1cccc2c1N1CCCN(C)C(=O)C1C2. The highest BCUT2D eigenvalue weighted by Crippen LogP contribution is 2.41. The smallest absolute Gasteiger partial charge is 0.245 e. The summed E-state index contributed by atoms with van der Waals surface area (Å²) in [5.74, 6) is 1.11. The van der Waals surface area contributed by atoms with E-state index in [0.29, 0.717) is 0 Å². The molecule has 0 spiro atoms. The lowest BCUT2D eigenvalue weighted by molar-refractivity contribution is -0.130. The molecule has 0 bridgehead atoms. The minimum atomic E-state index is -0.0381. The van der Waals surface area contributed by atoms with Crippen LogP contribution in [0.4, 0.5) is 5.69 Å². The van der Waals surface area contributed by atoms with Crippen molar-refractivity contribution in [2.24, 2.45) is 0 Å². The molecule has 1 saturated heterocycles. The normalized spacial score (nSPS) is 22.6. The molecule has 96 valence electrons. The van der Waals surface area contributed by atoms with E-state index < -0.39 is 0 Å². The summed E-state index contributed by atoms with van der Waals surface area (Å²) in [5.41, 5.74) is 2.34. The Kier molecular flexibility index (Phi) is 2.65. The van der Waals surface area contributed by atoms with E-state index in [4.69, 9.17) is 4.74 Å². The van der Waals surface area contributed by atoms with Gasteiger partial charge in [0.2, 0.25) is 5.91 Å². The Morgan fingerprint density at radius 2 is 2.17 bits per heavy atom. The van der Waals surface area contributed by atoms with Crippen LogP contribution in [0.15, 0.2) is 18.2 Å². The fraction of sp³-hybridized carbons (Fsp3) is 0.500. The Morgan fingerprint density at radius 3 is 2.94 bits per heavy atom. The molecule has 1 fully saturated rings. The maximum atomic E-state index is 12.3. The van der Waals surface area contributed by atoms with Gasteiger partial charge >= 0.3 is 0 Å². The predicted molar refractivity (Wildman–Crippen MR) is 70.1 cm³/mol. The molecule has 0 aliphatic carbocycles. The van der Waals surface area contributed by atoms with Crippen molar-refractivity contribution < 1.29 is 9.53 Å². The largest absolute Gasteiger partial charge is 0.495 e. The van der Waals surface area contributed by atoms with Gasteiger partial charge in [-0.15, -0.1) is 0 Å². The number of amides is 1. The molecule has 0 saturated carbocycles. The summed E-state index contributed by atoms with van der Waals surface area (Å²) in [5, 5.41) is 0. The number of para-hydroxylation sites is 1. The van der Waals surface area contributed by atoms with Crippen LogP contribution in [0, 0.1) is 0 Å². The fourth-order valence-corrected chi connectivity index (χ4v) is 3.03. The number of likely N-dealkylation sites (N-methyl/N-ethyl adjacent to an activating group) is 1. The first-order valence-corrected chi connectivity index (χ1v) is 6.40. The first-order valence-electron chi connectivity index (χ1n) is 6.40. The van der Waals surface area contributed by atoms with Crippen LogP contribution < -0.4 is 9.64 Å². The van der Waals surface area contributed by atoms with Crippen LogP contribution in [0.25, 0.3) is 0 Å². The molecule has 1 atom stereocenters. The minimum Gasteiger partial charge on any atom is -0.495 e. The molecule has 2 aliphatic rings. The number of anilines is 1. The standard InChI is InChI=1S/C14H18N2O2/c1-15-7-4-8-16-11(14(15)17)9-10-5-3-6-12(18-2)13(10)16/h3,5-6,11H,4,7-9H2,1-2H3. The zero-order valence-electron chi connectivity index (χ0n) is 10.8. The molecular weight excluding hydrogens is 228 g/mol. The zero-order valence-corrected chi connectivity index (χ0v) is 10.8. The third-order valence-corrected chi connectivity index (χ3v) is 3.93. The van der Waals surface area contributed by atoms with Gasteiger partial charge in [0.25, 0.3) is 0 Å². The lowest BCUT2D eigenvalue weighted by Crippen LogP contribution is -2.43. The van der Waals surface area contributed by atoms with Gasteiger partial charge in [0.05, 0.1) is 12.8 Å². The Bertz CT molecular complexity index is 487. The molecule has 1 amide bonds. The minimum absolute atomic E-state index is 0.0381. The van der Waals surface area contributed by atoms with Gasteiger partial charge in [-0.25, -0.2) is 0 Å². The van der Waals surface area contributed by atoms with Crippen molar-refractivity contribution >= 4 is 11.6 Å². The van der Waals surface area contributed by atoms with Crippen molar-refractivity contribution in [3.63, 3.8) is 0 Å². The Balaban J connectivity index is 2.04. The molecule has 2 heterocycles. The van der Waals surface area contributed by atoms with Crippen LogP contribution in [0.1, 0.15) is 12.0 Å². The Morgan fingerprint density at radius 1 is 1.33 bits per heavy atom. The molecular formula is C14H18N2O2. The van der Waals surface area contributed by atoms with Gasteiger partial charge in [0, 0.05) is 26.6 Å². The Labute approximate surface area is 107 Å². The van der Waals surface area contributed by atoms with E-state index in [2.05, 4.69) is 11.0 Å². The first-order chi connectivity index (χ1) is 8.72. The fourth-order valence-electron chi connectivity index (χ4n) is 3.03. The molecule has 4 nitrogen and oxygen atoms in total. The highest BCUT2D eigenvalue weighted by Gasteiger charge is 2.39. The number of methoxy groups -OCH3 is 1. The number of hydrogen-bond acceptors (Lipinski definition) is 3. The lowest BCUT2D eigenvalue weighted by atomic mass is 10.1. The molecule has 0 N–H and O–H groups in total. The number of ether oxygens (including phenoxy) is 1. The number of rotatable bonds is 1. The third kappa shape index (κ3) is 1.55. The second-order valence-corrected chi connectivity index (χ2v) is 4.99. The van der Waals surface area contributed by atoms with Gasteiger partial charge in [0.1, 0.15) is 11.8 Å². The maximum Gasteiger partial charge on any atom is 0.245 e. The molecule has 2 aliphatic heterocycles. The van der Waals surface area contributed by atoms with Crippen molar-refractivity contribution in [1.82, 2.24) is 4.90 Å². The van der Waals surface area contributed by atoms with E-state index in [9.17, 15) is 4.79 Å². The van der Waals surface area contributed by atoms with Crippen molar-refractivity contribution in [3.05, 3.63) is 23.8 Å². The van der Waals surface area contributed by atoms with E-state index in [1.54, 1.807) is 7.11 Å². The second kappa shape index (κ2) is 4.19. The van der Waals surface area contributed by atoms with Crippen LogP contribution in [-0.2, 0) is 11.2 Å². The van der Waals surface area contributed by atoms with Gasteiger partial charge in [0.15, 0.2) is 0 Å². The van der Waals surface area contributed by atoms with Crippen molar-refractivity contribution in [1.29, 1.82) is 0 Å². The van der Waals surface area contributed by atoms with Gasteiger partial charge in [-0.1, -0.05) is 12.1 Å². The molecule has 1 unspecified atom stereocenters. The van der Waals surface area contributed by atoms with Crippen molar-refractivity contribution in [2.45, 2.75) is 18.9 Å². The van der Waals surface area contributed by atoms with E-state index in [0.717, 1.165) is 37.4 Å². The second-order valence-electron chi connectivity index (χ2n) is 4.99. The van der Waals surface area contributed by atoms with Gasteiger partial charge in [-0.3, -0.25) is 4.79 Å². The number of carbonyl (C=O) groups excluding carboxylic acids is 1. The van der Waals surface area contributed by atoms with Crippen molar-refractivity contribution in [2.75, 3.05) is 32.1 Å². The van der Waals surface area contributed by atoms with Crippen LogP contribution in [0.2, 0.25) is 0 Å². The van der Waals surface area contributed by atoms with E-state index >= 15 is 0 Å². The van der Waals surface area contributed by atoms with E-state index in [-0.39, 0.29) is 11.9 Å². The van der Waals surface area contributed by atoms with Crippen molar-refractivity contribution in [3.8, 4) is 5.75 Å². The summed E-state index contributed by atoms with van der Waals surface area (Å²) in [6, 6.07) is 6.03. The van der Waals surface area contributed by atoms with Gasteiger partial charge in [-0.05, 0) is 18.1 Å². The topological polar surface area (TPSA) is 32.8 Å². The van der Waals surface area contributed by atoms with E-state index in [1.165, 1.54) is 5.56 Å². The summed E-state index contributed by atoms with van der Waals surface area (Å²) in [6.07, 6.45) is 1.81. The number of fused-ring (bicyclic) bond motifs is 3. The molecule has 0 aromatic heterocycles. The number of carbonyl (C=O) groups is 1. The highest BCUT2D eigenvalue weighted by molar-refractivity contribution is 5.89. The van der Waals surface area contributed by atoms with Crippen LogP contribution in [0.3, 0.4) is 0 Å². The quantitative estimate of drug-likeness (QED) is 0.748. The molecule has 4 heteroatoms. The molecule has 1 aromatic carbocycles. The number of hydrogen-bond donors (Lipinski definition) is 0. The summed E-state index contributed by atoms with van der Waals surface area (Å²) >= 11 is 0. The number of nitrogens with zero attached hydrogens (tertiary/aromatic N) is 2. The summed E-state index contributed by atoms with van der Waals surface area (Å²) < 4.78 is 5.44. The summed E-state index contributed by atoms with van der Waals surface area (Å²) in [6.45, 7) is 1.77. The average molecular weight is 246 g/mol. The van der Waals surface area contributed by atoms with Crippen LogP contribution >= 0.6 is 0 Å². The third-order valence-electron chi connectivity index (χ3n) is 3.93. The molecule has 0 radical (unpaired) electrons. The van der Waals surface area contributed by atoms with E-state index in [1.807, 2.05) is 24.1 Å². The lowest BCUT2D eigenvalue weighted by Gasteiger charge is -2.25. The van der Waals surface area contributed by atoms with Crippen LogP contribution in [-0.4, -0.2) is 44.1 Å². The summed E-state index contributed by atoms with van der Waals surface area (Å²) in [4.78, 5) is 16.4. The van der Waals surface area contributed by atoms with Gasteiger partial charge < -0.3 is 14.5 Å². The van der Waals surface area contributed by atoms with Crippen LogP contribution in [0.5, 0.6) is 5.75 Å².